The number of sulfonamides is 1. The van der Waals surface area contributed by atoms with Crippen molar-refractivity contribution in [3.8, 4) is 17.1 Å². The monoisotopic (exact) mass is 529 g/mol. The van der Waals surface area contributed by atoms with Crippen LogP contribution in [0, 0.1) is 26.7 Å². The van der Waals surface area contributed by atoms with Gasteiger partial charge in [0.15, 0.2) is 5.82 Å². The number of hydrogen-bond donors (Lipinski definition) is 1. The molecule has 0 saturated heterocycles. The molecule has 2 aromatic heterocycles. The van der Waals surface area contributed by atoms with Gasteiger partial charge in [0.05, 0.1) is 5.69 Å². The standard InChI is InChI=1S/C25H28ClN5O4S/c1-15(2)13-31(36(32,33)24-9-6-18(5)35-24)22-11-17(4)21(26)12-23(22)34-14-20-8-7-19(10-16(20)3)25-27-29-30-28-25/h6-12,15H,13-14H2,1-5H3,(H,27,28,29,30). The quantitative estimate of drug-likeness (QED) is 0.306. The smallest absolute Gasteiger partial charge is 0.297 e. The summed E-state index contributed by atoms with van der Waals surface area (Å²) in [5.41, 5.74) is 3.89. The van der Waals surface area contributed by atoms with Gasteiger partial charge in [-0.15, -0.1) is 5.10 Å². The van der Waals surface area contributed by atoms with Gasteiger partial charge in [-0.3, -0.25) is 4.31 Å². The molecule has 11 heteroatoms. The van der Waals surface area contributed by atoms with Crippen LogP contribution in [0.1, 0.15) is 36.3 Å². The summed E-state index contributed by atoms with van der Waals surface area (Å²) < 4.78 is 40.3. The first-order valence-corrected chi connectivity index (χ1v) is 13.2. The molecule has 0 atom stereocenters. The second kappa shape index (κ2) is 10.3. The number of furan rings is 1. The van der Waals surface area contributed by atoms with Crippen LogP contribution in [0.5, 0.6) is 5.75 Å². The number of nitrogens with zero attached hydrogens (tertiary/aromatic N) is 4. The number of anilines is 1. The van der Waals surface area contributed by atoms with Crippen LogP contribution >= 0.6 is 11.6 Å². The Kier molecular flexibility index (Phi) is 7.37. The molecule has 4 aromatic rings. The van der Waals surface area contributed by atoms with Gasteiger partial charge in [0.25, 0.3) is 10.0 Å². The lowest BCUT2D eigenvalue weighted by atomic mass is 10.1. The highest BCUT2D eigenvalue weighted by Gasteiger charge is 2.31. The first kappa shape index (κ1) is 25.7. The van der Waals surface area contributed by atoms with Crippen LogP contribution in [0.15, 0.2) is 52.0 Å². The number of halogens is 1. The normalized spacial score (nSPS) is 11.8. The van der Waals surface area contributed by atoms with E-state index < -0.39 is 10.0 Å². The van der Waals surface area contributed by atoms with Gasteiger partial charge in [-0.05, 0) is 78.1 Å². The minimum absolute atomic E-state index is 0.0417. The van der Waals surface area contributed by atoms with Crippen LogP contribution in [0.3, 0.4) is 0 Å². The molecule has 4 rings (SSSR count). The fourth-order valence-corrected chi connectivity index (χ4v) is 5.46. The van der Waals surface area contributed by atoms with Crippen molar-refractivity contribution in [2.45, 2.75) is 46.3 Å². The summed E-state index contributed by atoms with van der Waals surface area (Å²) in [4.78, 5) is 0. The first-order chi connectivity index (χ1) is 17.1. The zero-order chi connectivity index (χ0) is 26.0. The van der Waals surface area contributed by atoms with E-state index in [2.05, 4.69) is 20.6 Å². The van der Waals surface area contributed by atoms with E-state index in [1.54, 1.807) is 25.1 Å². The zero-order valence-electron chi connectivity index (χ0n) is 20.7. The summed E-state index contributed by atoms with van der Waals surface area (Å²) in [5.74, 6) is 1.49. The molecule has 0 aliphatic heterocycles. The predicted molar refractivity (Wildman–Crippen MR) is 138 cm³/mol. The van der Waals surface area contributed by atoms with Gasteiger partial charge in [0.1, 0.15) is 18.1 Å². The maximum Gasteiger partial charge on any atom is 0.297 e. The molecule has 36 heavy (non-hydrogen) atoms. The average Bonchev–Trinajstić information content (AvgIpc) is 3.51. The van der Waals surface area contributed by atoms with Crippen molar-refractivity contribution in [3.63, 3.8) is 0 Å². The predicted octanol–water partition coefficient (Wildman–Crippen LogP) is 5.47. The van der Waals surface area contributed by atoms with E-state index in [4.69, 9.17) is 20.8 Å². The third-order valence-electron chi connectivity index (χ3n) is 5.64. The zero-order valence-corrected chi connectivity index (χ0v) is 22.3. The number of rotatable bonds is 9. The molecule has 0 bridgehead atoms. The lowest BCUT2D eigenvalue weighted by molar-refractivity contribution is 0.306. The molecule has 0 unspecified atom stereocenters. The topological polar surface area (TPSA) is 114 Å². The van der Waals surface area contributed by atoms with Crippen molar-refractivity contribution < 1.29 is 17.6 Å². The van der Waals surface area contributed by atoms with Gasteiger partial charge in [0.2, 0.25) is 5.09 Å². The summed E-state index contributed by atoms with van der Waals surface area (Å²) in [6.07, 6.45) is 0. The number of benzene rings is 2. The number of tetrazole rings is 1. The van der Waals surface area contributed by atoms with E-state index in [9.17, 15) is 8.42 Å². The van der Waals surface area contributed by atoms with Crippen molar-refractivity contribution in [1.82, 2.24) is 20.6 Å². The summed E-state index contributed by atoms with van der Waals surface area (Å²) in [5, 5.41) is 14.3. The highest BCUT2D eigenvalue weighted by atomic mass is 35.5. The number of ether oxygens (including phenoxy) is 1. The third kappa shape index (κ3) is 5.39. The van der Waals surface area contributed by atoms with E-state index in [0.29, 0.717) is 28.0 Å². The van der Waals surface area contributed by atoms with Gasteiger partial charge in [-0.2, -0.15) is 8.42 Å². The van der Waals surface area contributed by atoms with Crippen LogP contribution in [-0.2, 0) is 16.6 Å². The van der Waals surface area contributed by atoms with Gasteiger partial charge >= 0.3 is 0 Å². The molecule has 0 radical (unpaired) electrons. The van der Waals surface area contributed by atoms with Crippen molar-refractivity contribution >= 4 is 27.3 Å². The third-order valence-corrected chi connectivity index (χ3v) is 7.71. The fourth-order valence-electron chi connectivity index (χ4n) is 3.72. The highest BCUT2D eigenvalue weighted by Crippen LogP contribution is 2.38. The Balaban J connectivity index is 1.70. The molecule has 190 valence electrons. The Hall–Kier alpha value is -3.37. The second-order valence-corrected chi connectivity index (χ2v) is 11.2. The lowest BCUT2D eigenvalue weighted by Crippen LogP contribution is -2.34. The molecule has 2 heterocycles. The second-order valence-electron chi connectivity index (χ2n) is 9.04. The average molecular weight is 530 g/mol. The van der Waals surface area contributed by atoms with Crippen LogP contribution in [0.2, 0.25) is 5.02 Å². The van der Waals surface area contributed by atoms with Crippen molar-refractivity contribution in [3.05, 3.63) is 69.9 Å². The number of hydrogen-bond acceptors (Lipinski definition) is 7. The fraction of sp³-hybridized carbons (Fsp3) is 0.320. The van der Waals surface area contributed by atoms with Crippen LogP contribution < -0.4 is 9.04 Å². The Morgan fingerprint density at radius 2 is 1.86 bits per heavy atom. The Morgan fingerprint density at radius 1 is 1.08 bits per heavy atom. The molecule has 0 fully saturated rings. The molecule has 0 aliphatic rings. The van der Waals surface area contributed by atoms with Gasteiger partial charge in [-0.25, -0.2) is 5.10 Å². The summed E-state index contributed by atoms with van der Waals surface area (Å²) in [6.45, 7) is 9.85. The molecular weight excluding hydrogens is 502 g/mol. The lowest BCUT2D eigenvalue weighted by Gasteiger charge is -2.27. The maximum absolute atomic E-state index is 13.6. The van der Waals surface area contributed by atoms with Crippen molar-refractivity contribution in [2.24, 2.45) is 5.92 Å². The van der Waals surface area contributed by atoms with E-state index >= 15 is 0 Å². The van der Waals surface area contributed by atoms with Crippen LogP contribution in [0.25, 0.3) is 11.4 Å². The summed E-state index contributed by atoms with van der Waals surface area (Å²) in [7, 11) is -3.98. The van der Waals surface area contributed by atoms with Crippen LogP contribution in [-0.4, -0.2) is 35.6 Å². The first-order valence-electron chi connectivity index (χ1n) is 11.4. The molecule has 0 saturated carbocycles. The number of aromatic nitrogens is 4. The summed E-state index contributed by atoms with van der Waals surface area (Å²) >= 11 is 6.43. The van der Waals surface area contributed by atoms with Crippen molar-refractivity contribution in [1.29, 1.82) is 0 Å². The minimum Gasteiger partial charge on any atom is -0.487 e. The number of aromatic amines is 1. The summed E-state index contributed by atoms with van der Waals surface area (Å²) in [6, 6.07) is 12.3. The minimum atomic E-state index is -3.98. The van der Waals surface area contributed by atoms with E-state index in [0.717, 1.165) is 22.3 Å². The number of nitrogens with one attached hydrogen (secondary N) is 1. The Labute approximate surface area is 215 Å². The molecule has 9 nitrogen and oxygen atoms in total. The molecular formula is C25H28ClN5O4S. The molecule has 0 aliphatic carbocycles. The largest absolute Gasteiger partial charge is 0.487 e. The van der Waals surface area contributed by atoms with Crippen molar-refractivity contribution in [2.75, 3.05) is 10.8 Å². The van der Waals surface area contributed by atoms with E-state index in [-0.39, 0.29) is 24.2 Å². The maximum atomic E-state index is 13.6. The molecule has 0 spiro atoms. The van der Waals surface area contributed by atoms with E-state index in [1.165, 1.54) is 10.4 Å². The molecule has 1 N–H and O–H groups in total. The Bertz CT molecular complexity index is 1470. The molecule has 2 aromatic carbocycles. The van der Waals surface area contributed by atoms with Gasteiger partial charge in [0, 0.05) is 23.2 Å². The highest BCUT2D eigenvalue weighted by molar-refractivity contribution is 7.92. The van der Waals surface area contributed by atoms with Crippen LogP contribution in [0.4, 0.5) is 5.69 Å². The number of aryl methyl sites for hydroxylation is 3. The van der Waals surface area contributed by atoms with E-state index in [1.807, 2.05) is 45.9 Å². The molecule has 0 amide bonds. The van der Waals surface area contributed by atoms with Gasteiger partial charge < -0.3 is 9.15 Å². The SMILES string of the molecule is Cc1ccc(S(=O)(=O)N(CC(C)C)c2cc(C)c(Cl)cc2OCc2ccc(-c3nnn[nH]3)cc2C)o1. The Morgan fingerprint density at radius 3 is 2.47 bits per heavy atom. The van der Waals surface area contributed by atoms with Gasteiger partial charge in [-0.1, -0.05) is 37.6 Å². The number of H-pyrrole nitrogens is 1.